The predicted octanol–water partition coefficient (Wildman–Crippen LogP) is 2.90. The highest BCUT2D eigenvalue weighted by molar-refractivity contribution is 7.99. The molecule has 1 aromatic carbocycles. The summed E-state index contributed by atoms with van der Waals surface area (Å²) in [6.45, 7) is 0. The molecule has 16 heavy (non-hydrogen) atoms. The third-order valence-electron chi connectivity index (χ3n) is 2.65. The number of nitrogens with one attached hydrogen (secondary N) is 1. The van der Waals surface area contributed by atoms with Gasteiger partial charge in [-0.1, -0.05) is 6.07 Å². The van der Waals surface area contributed by atoms with Crippen molar-refractivity contribution >= 4 is 23.1 Å². The number of anilines is 1. The molecule has 1 N–H and O–H groups in total. The second kappa shape index (κ2) is 5.21. The molecule has 0 amide bonds. The fourth-order valence-electron chi connectivity index (χ4n) is 1.79. The van der Waals surface area contributed by atoms with Crippen molar-refractivity contribution in [1.29, 1.82) is 0 Å². The molecule has 0 aromatic heterocycles. The first-order valence-corrected chi connectivity index (χ1v) is 6.50. The quantitative estimate of drug-likeness (QED) is 0.650. The van der Waals surface area contributed by atoms with E-state index in [1.807, 2.05) is 17.8 Å². The van der Waals surface area contributed by atoms with E-state index in [4.69, 9.17) is 0 Å². The summed E-state index contributed by atoms with van der Waals surface area (Å²) in [6.07, 6.45) is 2.26. The van der Waals surface area contributed by atoms with Crippen molar-refractivity contribution in [2.45, 2.75) is 18.9 Å². The third-order valence-corrected chi connectivity index (χ3v) is 3.70. The Balaban J connectivity index is 2.02. The molecular formula is C11H14N2O2S. The zero-order valence-corrected chi connectivity index (χ0v) is 9.70. The highest BCUT2D eigenvalue weighted by Gasteiger charge is 2.14. The Hall–Kier alpha value is -1.23. The van der Waals surface area contributed by atoms with E-state index in [2.05, 4.69) is 5.32 Å². The van der Waals surface area contributed by atoms with Gasteiger partial charge in [0.2, 0.25) is 0 Å². The molecule has 0 atom stereocenters. The molecule has 0 aliphatic carbocycles. The van der Waals surface area contributed by atoms with Crippen LogP contribution in [-0.2, 0) is 0 Å². The van der Waals surface area contributed by atoms with Gasteiger partial charge in [-0.3, -0.25) is 10.1 Å². The Bertz CT molecular complexity index is 378. The maximum atomic E-state index is 10.6. The van der Waals surface area contributed by atoms with E-state index in [0.29, 0.717) is 6.04 Å². The van der Waals surface area contributed by atoms with Gasteiger partial charge in [0.05, 0.1) is 4.92 Å². The van der Waals surface area contributed by atoms with Crippen LogP contribution in [0, 0.1) is 10.1 Å². The van der Waals surface area contributed by atoms with Gasteiger partial charge >= 0.3 is 0 Å². The fraction of sp³-hybridized carbons (Fsp3) is 0.455. The number of nitro groups is 1. The highest BCUT2D eigenvalue weighted by Crippen LogP contribution is 2.23. The van der Waals surface area contributed by atoms with Crippen LogP contribution in [0.15, 0.2) is 24.3 Å². The van der Waals surface area contributed by atoms with Gasteiger partial charge in [-0.15, -0.1) is 0 Å². The number of hydrogen-bond donors (Lipinski definition) is 1. The summed E-state index contributed by atoms with van der Waals surface area (Å²) in [7, 11) is 0. The maximum Gasteiger partial charge on any atom is 0.271 e. The summed E-state index contributed by atoms with van der Waals surface area (Å²) in [5.41, 5.74) is 1.00. The van der Waals surface area contributed by atoms with Crippen molar-refractivity contribution in [1.82, 2.24) is 0 Å². The lowest BCUT2D eigenvalue weighted by atomic mass is 10.1. The summed E-state index contributed by atoms with van der Waals surface area (Å²) in [4.78, 5) is 10.3. The van der Waals surface area contributed by atoms with Crippen molar-refractivity contribution in [3.8, 4) is 0 Å². The van der Waals surface area contributed by atoms with Gasteiger partial charge in [0.15, 0.2) is 0 Å². The molecule has 5 heteroatoms. The summed E-state index contributed by atoms with van der Waals surface area (Å²) < 4.78 is 0. The number of hydrogen-bond acceptors (Lipinski definition) is 4. The maximum absolute atomic E-state index is 10.6. The first kappa shape index (κ1) is 11.3. The second-order valence-electron chi connectivity index (χ2n) is 3.84. The predicted molar refractivity (Wildman–Crippen MR) is 67.1 cm³/mol. The molecule has 4 nitrogen and oxygen atoms in total. The standard InChI is InChI=1S/C11H14N2O2S/c14-13(15)11-3-1-2-10(8-11)12-9-4-6-16-7-5-9/h1-3,8-9,12H,4-7H2. The Kier molecular flexibility index (Phi) is 3.66. The summed E-state index contributed by atoms with van der Waals surface area (Å²) in [5, 5.41) is 14.0. The highest BCUT2D eigenvalue weighted by atomic mass is 32.2. The van der Waals surface area contributed by atoms with Crippen LogP contribution >= 0.6 is 11.8 Å². The van der Waals surface area contributed by atoms with Crippen molar-refractivity contribution in [3.05, 3.63) is 34.4 Å². The molecule has 1 fully saturated rings. The molecule has 0 spiro atoms. The number of nitrogens with zero attached hydrogens (tertiary/aromatic N) is 1. The molecule has 2 rings (SSSR count). The SMILES string of the molecule is O=[N+]([O-])c1cccc(NC2CCSCC2)c1. The molecule has 86 valence electrons. The van der Waals surface area contributed by atoms with Crippen molar-refractivity contribution in [3.63, 3.8) is 0 Å². The van der Waals surface area contributed by atoms with E-state index in [9.17, 15) is 10.1 Å². The minimum atomic E-state index is -0.359. The first-order chi connectivity index (χ1) is 7.75. The van der Waals surface area contributed by atoms with Crippen LogP contribution in [0.25, 0.3) is 0 Å². The molecule has 1 heterocycles. The molecule has 0 unspecified atom stereocenters. The van der Waals surface area contributed by atoms with E-state index in [-0.39, 0.29) is 10.6 Å². The van der Waals surface area contributed by atoms with E-state index < -0.39 is 0 Å². The largest absolute Gasteiger partial charge is 0.382 e. The molecule has 1 aromatic rings. The van der Waals surface area contributed by atoms with Gasteiger partial charge in [-0.05, 0) is 30.4 Å². The first-order valence-electron chi connectivity index (χ1n) is 5.34. The average molecular weight is 238 g/mol. The van der Waals surface area contributed by atoms with E-state index in [0.717, 1.165) is 18.5 Å². The second-order valence-corrected chi connectivity index (χ2v) is 5.06. The lowest BCUT2D eigenvalue weighted by Crippen LogP contribution is -2.24. The Morgan fingerprint density at radius 3 is 2.81 bits per heavy atom. The van der Waals surface area contributed by atoms with E-state index in [1.54, 1.807) is 12.1 Å². The lowest BCUT2D eigenvalue weighted by molar-refractivity contribution is -0.384. The normalized spacial score (nSPS) is 17.0. The van der Waals surface area contributed by atoms with Crippen LogP contribution in [0.1, 0.15) is 12.8 Å². The van der Waals surface area contributed by atoms with Crippen LogP contribution in [0.2, 0.25) is 0 Å². The van der Waals surface area contributed by atoms with Crippen molar-refractivity contribution in [2.24, 2.45) is 0 Å². The van der Waals surface area contributed by atoms with Crippen LogP contribution in [0.5, 0.6) is 0 Å². The van der Waals surface area contributed by atoms with Gasteiger partial charge < -0.3 is 5.32 Å². The number of nitro benzene ring substituents is 1. The summed E-state index contributed by atoms with van der Waals surface area (Å²) >= 11 is 1.97. The smallest absolute Gasteiger partial charge is 0.271 e. The van der Waals surface area contributed by atoms with Gasteiger partial charge in [-0.2, -0.15) is 11.8 Å². The monoisotopic (exact) mass is 238 g/mol. The number of non-ortho nitro benzene ring substituents is 1. The third kappa shape index (κ3) is 2.88. The van der Waals surface area contributed by atoms with Crippen LogP contribution in [0.3, 0.4) is 0 Å². The van der Waals surface area contributed by atoms with E-state index >= 15 is 0 Å². The minimum Gasteiger partial charge on any atom is -0.382 e. The van der Waals surface area contributed by atoms with Crippen LogP contribution in [-0.4, -0.2) is 22.5 Å². The molecule has 0 bridgehead atoms. The van der Waals surface area contributed by atoms with Crippen LogP contribution in [0.4, 0.5) is 11.4 Å². The fourth-order valence-corrected chi connectivity index (χ4v) is 2.89. The number of benzene rings is 1. The van der Waals surface area contributed by atoms with Crippen LogP contribution < -0.4 is 5.32 Å². The zero-order valence-electron chi connectivity index (χ0n) is 8.89. The van der Waals surface area contributed by atoms with Gasteiger partial charge in [0.1, 0.15) is 0 Å². The number of thioether (sulfide) groups is 1. The molecule has 1 saturated heterocycles. The molecule has 0 saturated carbocycles. The number of rotatable bonds is 3. The Morgan fingerprint density at radius 2 is 2.12 bits per heavy atom. The van der Waals surface area contributed by atoms with Gasteiger partial charge in [-0.25, -0.2) is 0 Å². The molecule has 1 aliphatic rings. The molecule has 0 radical (unpaired) electrons. The topological polar surface area (TPSA) is 55.2 Å². The van der Waals surface area contributed by atoms with Crippen molar-refractivity contribution < 1.29 is 4.92 Å². The summed E-state index contributed by atoms with van der Waals surface area (Å²) in [6, 6.07) is 7.18. The minimum absolute atomic E-state index is 0.148. The van der Waals surface area contributed by atoms with Crippen molar-refractivity contribution in [2.75, 3.05) is 16.8 Å². The van der Waals surface area contributed by atoms with Gasteiger partial charge in [0, 0.05) is 23.9 Å². The average Bonchev–Trinajstić information content (AvgIpc) is 2.30. The Morgan fingerprint density at radius 1 is 1.38 bits per heavy atom. The molecular weight excluding hydrogens is 224 g/mol. The van der Waals surface area contributed by atoms with E-state index in [1.165, 1.54) is 17.6 Å². The Labute approximate surface area is 98.6 Å². The molecule has 1 aliphatic heterocycles. The van der Waals surface area contributed by atoms with Gasteiger partial charge in [0.25, 0.3) is 5.69 Å². The zero-order chi connectivity index (χ0) is 11.4. The lowest BCUT2D eigenvalue weighted by Gasteiger charge is -2.23. The summed E-state index contributed by atoms with van der Waals surface area (Å²) in [5.74, 6) is 2.35.